The van der Waals surface area contributed by atoms with Crippen molar-refractivity contribution in [2.45, 2.75) is 12.8 Å². The van der Waals surface area contributed by atoms with Crippen LogP contribution in [0.4, 0.5) is 11.4 Å². The fraction of sp³-hybridized carbons (Fsp3) is 0.286. The molecule has 1 aliphatic rings. The van der Waals surface area contributed by atoms with Gasteiger partial charge in [-0.2, -0.15) is 0 Å². The number of nitrogens with zero attached hydrogens (tertiary/aromatic N) is 3. The number of amides is 3. The van der Waals surface area contributed by atoms with Crippen molar-refractivity contribution in [2.75, 3.05) is 31.1 Å². The normalized spacial score (nSPS) is 13.9. The summed E-state index contributed by atoms with van der Waals surface area (Å²) in [4.78, 5) is 41.2. The summed E-state index contributed by atoms with van der Waals surface area (Å²) in [6, 6.07) is 18.9. The van der Waals surface area contributed by atoms with E-state index in [2.05, 4.69) is 0 Å². The van der Waals surface area contributed by atoms with Crippen molar-refractivity contribution in [3.8, 4) is 0 Å². The summed E-state index contributed by atoms with van der Waals surface area (Å²) >= 11 is 0. The second-order valence-corrected chi connectivity index (χ2v) is 6.42. The number of hydrogen-bond acceptors (Lipinski definition) is 3. The molecule has 1 fully saturated rings. The van der Waals surface area contributed by atoms with Crippen LogP contribution in [0.15, 0.2) is 60.7 Å². The molecule has 0 aliphatic carbocycles. The largest absolute Gasteiger partial charge is 0.342 e. The zero-order chi connectivity index (χ0) is 19.1. The molecule has 6 nitrogen and oxygen atoms in total. The Bertz CT molecular complexity index is 732. The van der Waals surface area contributed by atoms with E-state index in [-0.39, 0.29) is 24.7 Å². The van der Waals surface area contributed by atoms with E-state index in [1.165, 1.54) is 0 Å². The standard InChI is InChI=1S/C21H23N3O3/c25-17-22-13-15-23(16-14-22)20(26)11-12-21(27)24(18-7-3-1-4-8-18)19-9-5-2-6-10-19/h1-10,17H,11-16H2. The molecule has 1 heterocycles. The van der Waals surface area contributed by atoms with Crippen LogP contribution in [0.1, 0.15) is 12.8 Å². The summed E-state index contributed by atoms with van der Waals surface area (Å²) in [6.07, 6.45) is 1.11. The molecule has 140 valence electrons. The second kappa shape index (κ2) is 8.98. The molecule has 3 rings (SSSR count). The molecule has 1 saturated heterocycles. The quantitative estimate of drug-likeness (QED) is 0.739. The van der Waals surface area contributed by atoms with Crippen molar-refractivity contribution in [3.63, 3.8) is 0 Å². The van der Waals surface area contributed by atoms with Gasteiger partial charge in [0.15, 0.2) is 0 Å². The first-order chi connectivity index (χ1) is 13.2. The van der Waals surface area contributed by atoms with Gasteiger partial charge in [-0.05, 0) is 24.3 Å². The molecule has 0 radical (unpaired) electrons. The second-order valence-electron chi connectivity index (χ2n) is 6.42. The average Bonchev–Trinajstić information content (AvgIpc) is 2.74. The molecule has 0 unspecified atom stereocenters. The minimum absolute atomic E-state index is 0.0463. The average molecular weight is 365 g/mol. The minimum Gasteiger partial charge on any atom is -0.342 e. The van der Waals surface area contributed by atoms with Crippen LogP contribution in [0.25, 0.3) is 0 Å². The molecule has 1 aliphatic heterocycles. The van der Waals surface area contributed by atoms with Gasteiger partial charge < -0.3 is 9.80 Å². The first-order valence-electron chi connectivity index (χ1n) is 9.09. The topological polar surface area (TPSA) is 60.9 Å². The lowest BCUT2D eigenvalue weighted by atomic mass is 10.2. The number of piperazine rings is 1. The highest BCUT2D eigenvalue weighted by Gasteiger charge is 2.23. The number of rotatable bonds is 6. The Kier molecular flexibility index (Phi) is 6.20. The van der Waals surface area contributed by atoms with Crippen LogP contribution < -0.4 is 4.90 Å². The minimum atomic E-state index is -0.118. The van der Waals surface area contributed by atoms with E-state index in [4.69, 9.17) is 0 Å². The number of anilines is 2. The fourth-order valence-corrected chi connectivity index (χ4v) is 3.15. The van der Waals surface area contributed by atoms with Crippen molar-refractivity contribution >= 4 is 29.6 Å². The summed E-state index contributed by atoms with van der Waals surface area (Å²) in [5.74, 6) is -0.165. The van der Waals surface area contributed by atoms with E-state index in [0.717, 1.165) is 17.8 Å². The van der Waals surface area contributed by atoms with Crippen molar-refractivity contribution in [2.24, 2.45) is 0 Å². The van der Waals surface area contributed by atoms with Gasteiger partial charge >= 0.3 is 0 Å². The number of carbonyl (C=O) groups excluding carboxylic acids is 3. The van der Waals surface area contributed by atoms with Gasteiger partial charge in [0.1, 0.15) is 0 Å². The smallest absolute Gasteiger partial charge is 0.232 e. The van der Waals surface area contributed by atoms with Crippen molar-refractivity contribution in [1.82, 2.24) is 9.80 Å². The predicted octanol–water partition coefficient (Wildman–Crippen LogP) is 2.43. The zero-order valence-corrected chi connectivity index (χ0v) is 15.2. The summed E-state index contributed by atoms with van der Waals surface area (Å²) < 4.78 is 0. The van der Waals surface area contributed by atoms with E-state index in [9.17, 15) is 14.4 Å². The van der Waals surface area contributed by atoms with Crippen molar-refractivity contribution < 1.29 is 14.4 Å². The van der Waals surface area contributed by atoms with Crippen LogP contribution in [-0.4, -0.2) is 54.2 Å². The monoisotopic (exact) mass is 365 g/mol. The number of benzene rings is 2. The van der Waals surface area contributed by atoms with Crippen molar-refractivity contribution in [1.29, 1.82) is 0 Å². The highest BCUT2D eigenvalue weighted by molar-refractivity contribution is 6.01. The van der Waals surface area contributed by atoms with E-state index in [1.54, 1.807) is 14.7 Å². The lowest BCUT2D eigenvalue weighted by Crippen LogP contribution is -2.48. The first-order valence-corrected chi connectivity index (χ1v) is 9.09. The molecule has 0 saturated carbocycles. The van der Waals surface area contributed by atoms with Crippen LogP contribution in [0, 0.1) is 0 Å². The van der Waals surface area contributed by atoms with Crippen LogP contribution in [0.2, 0.25) is 0 Å². The molecule has 0 aromatic heterocycles. The van der Waals surface area contributed by atoms with Crippen LogP contribution in [0.5, 0.6) is 0 Å². The number of para-hydroxylation sites is 2. The molecular formula is C21H23N3O3. The van der Waals surface area contributed by atoms with Gasteiger partial charge in [-0.15, -0.1) is 0 Å². The Balaban J connectivity index is 1.65. The van der Waals surface area contributed by atoms with E-state index >= 15 is 0 Å². The Morgan fingerprint density at radius 1 is 0.815 bits per heavy atom. The first kappa shape index (κ1) is 18.6. The van der Waals surface area contributed by atoms with E-state index in [1.807, 2.05) is 60.7 Å². The molecule has 3 amide bonds. The number of carbonyl (C=O) groups is 3. The predicted molar refractivity (Wildman–Crippen MR) is 103 cm³/mol. The summed E-state index contributed by atoms with van der Waals surface area (Å²) in [5.41, 5.74) is 1.56. The van der Waals surface area contributed by atoms with Gasteiger partial charge in [-0.25, -0.2) is 0 Å². The Morgan fingerprint density at radius 3 is 1.81 bits per heavy atom. The summed E-state index contributed by atoms with van der Waals surface area (Å²) in [6.45, 7) is 2.13. The molecule has 0 spiro atoms. The van der Waals surface area contributed by atoms with Gasteiger partial charge in [-0.3, -0.25) is 19.3 Å². The lowest BCUT2D eigenvalue weighted by molar-refractivity contribution is -0.136. The summed E-state index contributed by atoms with van der Waals surface area (Å²) in [7, 11) is 0. The van der Waals surface area contributed by atoms with Gasteiger partial charge in [0.25, 0.3) is 0 Å². The SMILES string of the molecule is O=CN1CCN(C(=O)CCC(=O)N(c2ccccc2)c2ccccc2)CC1. The fourth-order valence-electron chi connectivity index (χ4n) is 3.15. The third kappa shape index (κ3) is 4.73. The maximum absolute atomic E-state index is 12.9. The lowest BCUT2D eigenvalue weighted by Gasteiger charge is -2.32. The molecular weight excluding hydrogens is 342 g/mol. The third-order valence-corrected chi connectivity index (χ3v) is 4.65. The maximum Gasteiger partial charge on any atom is 0.232 e. The highest BCUT2D eigenvalue weighted by atomic mass is 16.2. The molecule has 2 aromatic rings. The summed E-state index contributed by atoms with van der Waals surface area (Å²) in [5, 5.41) is 0. The van der Waals surface area contributed by atoms with Crippen LogP contribution >= 0.6 is 0 Å². The highest BCUT2D eigenvalue weighted by Crippen LogP contribution is 2.26. The van der Waals surface area contributed by atoms with Gasteiger partial charge in [0, 0.05) is 50.4 Å². The van der Waals surface area contributed by atoms with Crippen molar-refractivity contribution in [3.05, 3.63) is 60.7 Å². The molecule has 27 heavy (non-hydrogen) atoms. The molecule has 0 N–H and O–H groups in total. The molecule has 0 bridgehead atoms. The Labute approximate surface area is 159 Å². The van der Waals surface area contributed by atoms with Gasteiger partial charge in [-0.1, -0.05) is 36.4 Å². The van der Waals surface area contributed by atoms with Gasteiger partial charge in [0.05, 0.1) is 0 Å². The van der Waals surface area contributed by atoms with Crippen LogP contribution in [0.3, 0.4) is 0 Å². The van der Waals surface area contributed by atoms with Crippen LogP contribution in [-0.2, 0) is 14.4 Å². The van der Waals surface area contributed by atoms with E-state index < -0.39 is 0 Å². The third-order valence-electron chi connectivity index (χ3n) is 4.65. The van der Waals surface area contributed by atoms with E-state index in [0.29, 0.717) is 26.2 Å². The molecule has 0 atom stereocenters. The zero-order valence-electron chi connectivity index (χ0n) is 15.2. The number of hydrogen-bond donors (Lipinski definition) is 0. The Hall–Kier alpha value is -3.15. The molecule has 2 aromatic carbocycles. The maximum atomic E-state index is 12.9. The van der Waals surface area contributed by atoms with Gasteiger partial charge in [0.2, 0.25) is 18.2 Å². The molecule has 6 heteroatoms. The Morgan fingerprint density at radius 2 is 1.33 bits per heavy atom.